The van der Waals surface area contributed by atoms with Crippen LogP contribution in [-0.2, 0) is 14.4 Å². The van der Waals surface area contributed by atoms with Crippen LogP contribution in [0.25, 0.3) is 0 Å². The second-order valence-electron chi connectivity index (χ2n) is 5.92. The van der Waals surface area contributed by atoms with Crippen LogP contribution in [0.5, 0.6) is 0 Å². The molecule has 128 valence electrons. The van der Waals surface area contributed by atoms with Crippen LogP contribution < -0.4 is 0 Å². The second kappa shape index (κ2) is 7.57. The number of halogens is 1. The van der Waals surface area contributed by atoms with Gasteiger partial charge in [-0.25, -0.2) is 0 Å². The van der Waals surface area contributed by atoms with E-state index in [1.807, 2.05) is 24.3 Å². The summed E-state index contributed by atoms with van der Waals surface area (Å²) >= 11 is 8.07. The smallest absolute Gasteiger partial charge is 0.242 e. The van der Waals surface area contributed by atoms with Gasteiger partial charge in [-0.3, -0.25) is 19.3 Å². The quantitative estimate of drug-likeness (QED) is 0.771. The Hall–Kier alpha value is -1.53. The molecule has 1 aromatic carbocycles. The Morgan fingerprint density at radius 3 is 2.58 bits per heavy atom. The summed E-state index contributed by atoms with van der Waals surface area (Å²) in [5.74, 6) is 0.167. The Balaban J connectivity index is 1.61. The lowest BCUT2D eigenvalue weighted by atomic mass is 10.1. The zero-order chi connectivity index (χ0) is 17.1. The Kier molecular flexibility index (Phi) is 5.46. The molecule has 3 rings (SSSR count). The third-order valence-corrected chi connectivity index (χ3v) is 6.05. The van der Waals surface area contributed by atoms with E-state index in [0.29, 0.717) is 13.1 Å². The molecule has 1 unspecified atom stereocenters. The Morgan fingerprint density at radius 1 is 1.17 bits per heavy atom. The maximum atomic E-state index is 12.5. The lowest BCUT2D eigenvalue weighted by Gasteiger charge is -2.23. The number of amides is 3. The van der Waals surface area contributed by atoms with Crippen LogP contribution in [0.1, 0.15) is 30.1 Å². The van der Waals surface area contributed by atoms with Crippen molar-refractivity contribution in [2.45, 2.75) is 24.5 Å². The van der Waals surface area contributed by atoms with Crippen LogP contribution in [0.4, 0.5) is 0 Å². The third kappa shape index (κ3) is 3.75. The maximum Gasteiger partial charge on any atom is 0.242 e. The first kappa shape index (κ1) is 17.3. The molecule has 0 radical (unpaired) electrons. The van der Waals surface area contributed by atoms with Crippen molar-refractivity contribution in [3.05, 3.63) is 34.9 Å². The molecule has 0 spiro atoms. The number of likely N-dealkylation sites (tertiary alicyclic amines) is 1. The molecule has 0 bridgehead atoms. The van der Waals surface area contributed by atoms with Gasteiger partial charge in [0.05, 0.1) is 0 Å². The van der Waals surface area contributed by atoms with Crippen LogP contribution in [0.15, 0.2) is 24.3 Å². The van der Waals surface area contributed by atoms with E-state index in [4.69, 9.17) is 11.6 Å². The van der Waals surface area contributed by atoms with Crippen molar-refractivity contribution in [3.63, 3.8) is 0 Å². The van der Waals surface area contributed by atoms with Gasteiger partial charge < -0.3 is 4.90 Å². The van der Waals surface area contributed by atoms with Crippen molar-refractivity contribution in [2.24, 2.45) is 0 Å². The number of benzene rings is 1. The largest absolute Gasteiger partial charge is 0.340 e. The van der Waals surface area contributed by atoms with Crippen molar-refractivity contribution >= 4 is 41.1 Å². The van der Waals surface area contributed by atoms with Crippen molar-refractivity contribution in [2.75, 3.05) is 25.4 Å². The van der Waals surface area contributed by atoms with E-state index in [1.165, 1.54) is 0 Å². The van der Waals surface area contributed by atoms with Gasteiger partial charge in [-0.15, -0.1) is 0 Å². The summed E-state index contributed by atoms with van der Waals surface area (Å²) in [4.78, 5) is 38.6. The minimum Gasteiger partial charge on any atom is -0.340 e. The molecule has 3 amide bonds. The summed E-state index contributed by atoms with van der Waals surface area (Å²) in [7, 11) is 0. The van der Waals surface area contributed by atoms with Crippen LogP contribution in [0.2, 0.25) is 5.02 Å². The molecular formula is C17H19ClN2O3S. The van der Waals surface area contributed by atoms with Crippen molar-refractivity contribution < 1.29 is 14.4 Å². The van der Waals surface area contributed by atoms with Crippen molar-refractivity contribution in [1.29, 1.82) is 0 Å². The molecule has 0 saturated carbocycles. The molecule has 2 heterocycles. The zero-order valence-electron chi connectivity index (χ0n) is 13.2. The first-order valence-electron chi connectivity index (χ1n) is 8.03. The summed E-state index contributed by atoms with van der Waals surface area (Å²) < 4.78 is 0. The van der Waals surface area contributed by atoms with Gasteiger partial charge in [0.2, 0.25) is 17.7 Å². The molecule has 0 aromatic heterocycles. The number of imide groups is 1. The lowest BCUT2D eigenvalue weighted by Crippen LogP contribution is -2.43. The average molecular weight is 367 g/mol. The predicted octanol–water partition coefficient (Wildman–Crippen LogP) is 2.50. The molecule has 24 heavy (non-hydrogen) atoms. The number of rotatable bonds is 3. The van der Waals surface area contributed by atoms with Gasteiger partial charge in [-0.05, 0) is 18.1 Å². The highest BCUT2D eigenvalue weighted by molar-refractivity contribution is 7.99. The molecule has 2 fully saturated rings. The minimum absolute atomic E-state index is 0.126. The summed E-state index contributed by atoms with van der Waals surface area (Å²) in [6.45, 7) is 1.11. The maximum absolute atomic E-state index is 12.5. The van der Waals surface area contributed by atoms with Gasteiger partial charge >= 0.3 is 0 Å². The summed E-state index contributed by atoms with van der Waals surface area (Å²) in [6, 6.07) is 7.79. The number of hydrogen-bond acceptors (Lipinski definition) is 4. The van der Waals surface area contributed by atoms with E-state index >= 15 is 0 Å². The van der Waals surface area contributed by atoms with Crippen LogP contribution in [0, 0.1) is 0 Å². The highest BCUT2D eigenvalue weighted by Crippen LogP contribution is 2.37. The zero-order valence-corrected chi connectivity index (χ0v) is 14.8. The fourth-order valence-corrected chi connectivity index (χ4v) is 4.64. The molecule has 0 N–H and O–H groups in total. The SMILES string of the molecule is O=C(CN1C(=O)CCC1=O)N1CCSC(c2ccccc2Cl)CC1. The van der Waals surface area contributed by atoms with Gasteiger partial charge in [0, 0.05) is 42.0 Å². The van der Waals surface area contributed by atoms with Crippen molar-refractivity contribution in [3.8, 4) is 0 Å². The predicted molar refractivity (Wildman–Crippen MR) is 93.8 cm³/mol. The van der Waals surface area contributed by atoms with E-state index in [0.717, 1.165) is 27.7 Å². The average Bonchev–Trinajstić information content (AvgIpc) is 2.79. The van der Waals surface area contributed by atoms with Crippen molar-refractivity contribution in [1.82, 2.24) is 9.80 Å². The number of carbonyl (C=O) groups excluding carboxylic acids is 3. The fraction of sp³-hybridized carbons (Fsp3) is 0.471. The Labute approximate surface area is 150 Å². The highest BCUT2D eigenvalue weighted by Gasteiger charge is 2.32. The third-order valence-electron chi connectivity index (χ3n) is 4.39. The molecule has 1 atom stereocenters. The van der Waals surface area contributed by atoms with Gasteiger partial charge in [0.1, 0.15) is 6.54 Å². The number of carbonyl (C=O) groups is 3. The molecule has 2 saturated heterocycles. The highest BCUT2D eigenvalue weighted by atomic mass is 35.5. The van der Waals surface area contributed by atoms with E-state index < -0.39 is 0 Å². The summed E-state index contributed by atoms with van der Waals surface area (Å²) in [5, 5.41) is 1.01. The van der Waals surface area contributed by atoms with E-state index in [9.17, 15) is 14.4 Å². The lowest BCUT2D eigenvalue weighted by molar-refractivity contribution is -0.145. The number of nitrogens with zero attached hydrogens (tertiary/aromatic N) is 2. The monoisotopic (exact) mass is 366 g/mol. The topological polar surface area (TPSA) is 57.7 Å². The molecule has 2 aliphatic heterocycles. The first-order valence-corrected chi connectivity index (χ1v) is 9.46. The molecule has 0 aliphatic carbocycles. The molecule has 7 heteroatoms. The Morgan fingerprint density at radius 2 is 1.88 bits per heavy atom. The van der Waals surface area contributed by atoms with Crippen LogP contribution >= 0.6 is 23.4 Å². The fourth-order valence-electron chi connectivity index (χ4n) is 3.04. The van der Waals surface area contributed by atoms with E-state index in [-0.39, 0.29) is 42.4 Å². The van der Waals surface area contributed by atoms with Gasteiger partial charge in [0.25, 0.3) is 0 Å². The number of thioether (sulfide) groups is 1. The minimum atomic E-state index is -0.244. The standard InChI is InChI=1S/C17H19ClN2O3S/c18-13-4-2-1-3-12(13)14-7-8-19(9-10-24-14)17(23)11-20-15(21)5-6-16(20)22/h1-4,14H,5-11H2. The van der Waals surface area contributed by atoms with E-state index in [2.05, 4.69) is 0 Å². The van der Waals surface area contributed by atoms with Gasteiger partial charge in [-0.1, -0.05) is 29.8 Å². The van der Waals surface area contributed by atoms with Crippen LogP contribution in [-0.4, -0.2) is 52.9 Å². The second-order valence-corrected chi connectivity index (χ2v) is 7.64. The Bertz CT molecular complexity index is 651. The normalized spacial score (nSPS) is 22.0. The molecule has 1 aromatic rings. The van der Waals surface area contributed by atoms with Gasteiger partial charge in [0.15, 0.2) is 0 Å². The number of hydrogen-bond donors (Lipinski definition) is 0. The molecular weight excluding hydrogens is 348 g/mol. The summed E-state index contributed by atoms with van der Waals surface area (Å²) in [6.07, 6.45) is 1.25. The first-order chi connectivity index (χ1) is 11.6. The molecule has 2 aliphatic rings. The van der Waals surface area contributed by atoms with E-state index in [1.54, 1.807) is 16.7 Å². The van der Waals surface area contributed by atoms with Gasteiger partial charge in [-0.2, -0.15) is 11.8 Å². The summed E-state index contributed by atoms with van der Waals surface area (Å²) in [5.41, 5.74) is 1.10. The van der Waals surface area contributed by atoms with Crippen LogP contribution in [0.3, 0.4) is 0 Å². The molecule has 5 nitrogen and oxygen atoms in total.